The SMILES string of the molecule is Cc1c(CNc2cc(N)ccc2C(N)=O)cnn1C. The number of nitrogen functional groups attached to an aromatic ring is 1. The van der Waals surface area contributed by atoms with Crippen molar-refractivity contribution >= 4 is 17.3 Å². The molecule has 100 valence electrons. The molecule has 1 amide bonds. The molecule has 1 aromatic carbocycles. The van der Waals surface area contributed by atoms with Gasteiger partial charge in [-0.15, -0.1) is 0 Å². The molecule has 0 saturated heterocycles. The van der Waals surface area contributed by atoms with E-state index in [2.05, 4.69) is 10.4 Å². The topological polar surface area (TPSA) is 99.0 Å². The summed E-state index contributed by atoms with van der Waals surface area (Å²) in [5.41, 5.74) is 14.8. The first-order valence-corrected chi connectivity index (χ1v) is 5.89. The number of rotatable bonds is 4. The van der Waals surface area contributed by atoms with E-state index < -0.39 is 5.91 Å². The molecule has 0 aliphatic carbocycles. The molecule has 0 unspecified atom stereocenters. The summed E-state index contributed by atoms with van der Waals surface area (Å²) in [6.07, 6.45) is 1.79. The van der Waals surface area contributed by atoms with Gasteiger partial charge in [0.25, 0.3) is 5.91 Å². The average Bonchev–Trinajstić information content (AvgIpc) is 2.67. The van der Waals surface area contributed by atoms with Gasteiger partial charge in [0.15, 0.2) is 0 Å². The summed E-state index contributed by atoms with van der Waals surface area (Å²) >= 11 is 0. The second-order valence-corrected chi connectivity index (χ2v) is 4.40. The quantitative estimate of drug-likeness (QED) is 0.714. The van der Waals surface area contributed by atoms with Crippen LogP contribution >= 0.6 is 0 Å². The van der Waals surface area contributed by atoms with E-state index in [0.29, 0.717) is 23.5 Å². The van der Waals surface area contributed by atoms with Gasteiger partial charge in [-0.3, -0.25) is 9.48 Å². The van der Waals surface area contributed by atoms with Crippen LogP contribution in [-0.4, -0.2) is 15.7 Å². The lowest BCUT2D eigenvalue weighted by Crippen LogP contribution is -2.14. The predicted molar refractivity (Wildman–Crippen MR) is 74.6 cm³/mol. The molecule has 0 aliphatic heterocycles. The lowest BCUT2D eigenvalue weighted by Gasteiger charge is -2.10. The van der Waals surface area contributed by atoms with Crippen LogP contribution in [0.5, 0.6) is 0 Å². The number of nitrogens with one attached hydrogen (secondary N) is 1. The third-order valence-corrected chi connectivity index (χ3v) is 3.12. The van der Waals surface area contributed by atoms with E-state index in [-0.39, 0.29) is 0 Å². The molecule has 6 nitrogen and oxygen atoms in total. The Balaban J connectivity index is 2.21. The van der Waals surface area contributed by atoms with E-state index in [4.69, 9.17) is 11.5 Å². The fourth-order valence-electron chi connectivity index (χ4n) is 1.83. The van der Waals surface area contributed by atoms with E-state index >= 15 is 0 Å². The van der Waals surface area contributed by atoms with Crippen LogP contribution in [0.1, 0.15) is 21.6 Å². The zero-order valence-corrected chi connectivity index (χ0v) is 11.0. The number of aryl methyl sites for hydroxylation is 1. The van der Waals surface area contributed by atoms with Crippen LogP contribution in [0.4, 0.5) is 11.4 Å². The number of carbonyl (C=O) groups is 1. The van der Waals surface area contributed by atoms with Gasteiger partial charge in [0.05, 0.1) is 11.8 Å². The highest BCUT2D eigenvalue weighted by molar-refractivity contribution is 5.99. The fourth-order valence-corrected chi connectivity index (χ4v) is 1.83. The number of anilines is 2. The van der Waals surface area contributed by atoms with E-state index in [1.165, 1.54) is 0 Å². The minimum Gasteiger partial charge on any atom is -0.399 e. The molecule has 5 N–H and O–H groups in total. The molecule has 0 bridgehead atoms. The van der Waals surface area contributed by atoms with Gasteiger partial charge in [0, 0.05) is 36.2 Å². The largest absolute Gasteiger partial charge is 0.399 e. The second kappa shape index (κ2) is 5.01. The number of nitrogens with zero attached hydrogens (tertiary/aromatic N) is 2. The minimum absolute atomic E-state index is 0.427. The maximum Gasteiger partial charge on any atom is 0.250 e. The van der Waals surface area contributed by atoms with E-state index in [0.717, 1.165) is 11.3 Å². The Morgan fingerprint density at radius 2 is 2.21 bits per heavy atom. The van der Waals surface area contributed by atoms with Crippen LogP contribution in [0.3, 0.4) is 0 Å². The number of aromatic nitrogens is 2. The molecule has 1 heterocycles. The van der Waals surface area contributed by atoms with Gasteiger partial charge in [-0.25, -0.2) is 0 Å². The van der Waals surface area contributed by atoms with E-state index in [9.17, 15) is 4.79 Å². The summed E-state index contributed by atoms with van der Waals surface area (Å²) in [5, 5.41) is 7.34. The maximum atomic E-state index is 11.3. The van der Waals surface area contributed by atoms with Crippen molar-refractivity contribution in [2.75, 3.05) is 11.1 Å². The first kappa shape index (κ1) is 12.9. The zero-order valence-electron chi connectivity index (χ0n) is 11.0. The Kier molecular flexibility index (Phi) is 3.41. The molecule has 0 atom stereocenters. The Labute approximate surface area is 111 Å². The normalized spacial score (nSPS) is 10.4. The smallest absolute Gasteiger partial charge is 0.250 e. The first-order valence-electron chi connectivity index (χ1n) is 5.89. The summed E-state index contributed by atoms with van der Waals surface area (Å²) in [6, 6.07) is 4.97. The molecule has 0 saturated carbocycles. The lowest BCUT2D eigenvalue weighted by atomic mass is 10.1. The third kappa shape index (κ3) is 2.67. The van der Waals surface area contributed by atoms with Crippen molar-refractivity contribution in [2.45, 2.75) is 13.5 Å². The average molecular weight is 259 g/mol. The highest BCUT2D eigenvalue weighted by atomic mass is 16.1. The number of nitrogens with two attached hydrogens (primary N) is 2. The van der Waals surface area contributed by atoms with Gasteiger partial charge < -0.3 is 16.8 Å². The second-order valence-electron chi connectivity index (χ2n) is 4.40. The Morgan fingerprint density at radius 1 is 1.47 bits per heavy atom. The van der Waals surface area contributed by atoms with Crippen LogP contribution in [0.25, 0.3) is 0 Å². The van der Waals surface area contributed by atoms with Crippen molar-refractivity contribution < 1.29 is 4.79 Å². The first-order chi connectivity index (χ1) is 8.99. The van der Waals surface area contributed by atoms with Gasteiger partial charge in [-0.05, 0) is 25.1 Å². The minimum atomic E-state index is -0.481. The lowest BCUT2D eigenvalue weighted by molar-refractivity contribution is 0.100. The molecule has 2 rings (SSSR count). The molecule has 0 aliphatic rings. The molecule has 2 aromatic rings. The van der Waals surface area contributed by atoms with Crippen LogP contribution in [-0.2, 0) is 13.6 Å². The molecule has 0 radical (unpaired) electrons. The Bertz CT molecular complexity index is 617. The molecule has 0 fully saturated rings. The molecule has 0 spiro atoms. The number of benzene rings is 1. The summed E-state index contributed by atoms with van der Waals surface area (Å²) in [5.74, 6) is -0.481. The molecular weight excluding hydrogens is 242 g/mol. The molecule has 1 aromatic heterocycles. The van der Waals surface area contributed by atoms with Crippen molar-refractivity contribution in [3.8, 4) is 0 Å². The van der Waals surface area contributed by atoms with Crippen LogP contribution in [0.2, 0.25) is 0 Å². The van der Waals surface area contributed by atoms with Gasteiger partial charge in [-0.2, -0.15) is 5.10 Å². The summed E-state index contributed by atoms with van der Waals surface area (Å²) in [6.45, 7) is 2.54. The van der Waals surface area contributed by atoms with Gasteiger partial charge in [0.1, 0.15) is 0 Å². The number of hydrogen-bond donors (Lipinski definition) is 3. The van der Waals surface area contributed by atoms with Crippen molar-refractivity contribution in [3.63, 3.8) is 0 Å². The highest BCUT2D eigenvalue weighted by Gasteiger charge is 2.09. The maximum absolute atomic E-state index is 11.3. The van der Waals surface area contributed by atoms with Crippen LogP contribution in [0, 0.1) is 6.92 Å². The monoisotopic (exact) mass is 259 g/mol. The van der Waals surface area contributed by atoms with Crippen molar-refractivity contribution in [1.82, 2.24) is 9.78 Å². The van der Waals surface area contributed by atoms with Crippen molar-refractivity contribution in [1.29, 1.82) is 0 Å². The van der Waals surface area contributed by atoms with Crippen LogP contribution < -0.4 is 16.8 Å². The van der Waals surface area contributed by atoms with E-state index in [1.54, 1.807) is 29.1 Å². The summed E-state index contributed by atoms with van der Waals surface area (Å²) < 4.78 is 1.80. The number of hydrogen-bond acceptors (Lipinski definition) is 4. The van der Waals surface area contributed by atoms with Gasteiger partial charge >= 0.3 is 0 Å². The Morgan fingerprint density at radius 3 is 2.79 bits per heavy atom. The van der Waals surface area contributed by atoms with E-state index in [1.807, 2.05) is 14.0 Å². The van der Waals surface area contributed by atoms with Crippen molar-refractivity contribution in [3.05, 3.63) is 41.2 Å². The predicted octanol–water partition coefficient (Wildman–Crippen LogP) is 1.02. The zero-order chi connectivity index (χ0) is 14.0. The number of primary amides is 1. The highest BCUT2D eigenvalue weighted by Crippen LogP contribution is 2.20. The molecule has 19 heavy (non-hydrogen) atoms. The number of amides is 1. The third-order valence-electron chi connectivity index (χ3n) is 3.12. The van der Waals surface area contributed by atoms with Gasteiger partial charge in [0.2, 0.25) is 0 Å². The van der Waals surface area contributed by atoms with Gasteiger partial charge in [-0.1, -0.05) is 0 Å². The summed E-state index contributed by atoms with van der Waals surface area (Å²) in [4.78, 5) is 11.3. The summed E-state index contributed by atoms with van der Waals surface area (Å²) in [7, 11) is 1.88. The Hall–Kier alpha value is -2.50. The number of carbonyl (C=O) groups excluding carboxylic acids is 1. The fraction of sp³-hybridized carbons (Fsp3) is 0.231. The molecule has 6 heteroatoms. The van der Waals surface area contributed by atoms with Crippen LogP contribution in [0.15, 0.2) is 24.4 Å². The standard InChI is InChI=1S/C13H17N5O/c1-8-9(7-17-18(8)2)6-16-12-5-10(14)3-4-11(12)13(15)19/h3-5,7,16H,6,14H2,1-2H3,(H2,15,19). The molecular formula is C13H17N5O. The van der Waals surface area contributed by atoms with Crippen molar-refractivity contribution in [2.24, 2.45) is 12.8 Å².